The zero-order chi connectivity index (χ0) is 8.39. The van der Waals surface area contributed by atoms with Gasteiger partial charge in [-0.2, -0.15) is 0 Å². The van der Waals surface area contributed by atoms with E-state index < -0.39 is 0 Å². The van der Waals surface area contributed by atoms with Gasteiger partial charge in [-0.15, -0.1) is 0 Å². The first-order valence-electron chi connectivity index (χ1n) is 4.95. The Morgan fingerprint density at radius 2 is 1.50 bits per heavy atom. The Morgan fingerprint density at radius 3 is 1.83 bits per heavy atom. The van der Waals surface area contributed by atoms with Crippen molar-refractivity contribution < 1.29 is 0 Å². The second-order valence-electron chi connectivity index (χ2n) is 3.72. The maximum Gasteiger partial charge on any atom is -0.0271 e. The van der Waals surface area contributed by atoms with Crippen LogP contribution in [0.3, 0.4) is 0 Å². The van der Waals surface area contributed by atoms with Crippen molar-refractivity contribution in [1.29, 1.82) is 0 Å². The van der Waals surface area contributed by atoms with Crippen molar-refractivity contribution in [2.24, 2.45) is 0 Å². The standard InChI is InChI=1S/C12H16/c1-10(11-6-2-3-7-11)12-8-4-5-9-12/h6,8H,1-5,7,9H2. The number of rotatable bonds is 2. The van der Waals surface area contributed by atoms with E-state index in [-0.39, 0.29) is 0 Å². The molecule has 0 aromatic heterocycles. The van der Waals surface area contributed by atoms with Crippen LogP contribution in [0.25, 0.3) is 0 Å². The Labute approximate surface area is 74.7 Å². The third-order valence-electron chi connectivity index (χ3n) is 2.86. The van der Waals surface area contributed by atoms with Crippen molar-refractivity contribution >= 4 is 0 Å². The first-order valence-corrected chi connectivity index (χ1v) is 4.95. The molecule has 2 rings (SSSR count). The Morgan fingerprint density at radius 1 is 1.00 bits per heavy atom. The van der Waals surface area contributed by atoms with Crippen molar-refractivity contribution in [3.8, 4) is 0 Å². The highest BCUT2D eigenvalue weighted by Crippen LogP contribution is 2.33. The summed E-state index contributed by atoms with van der Waals surface area (Å²) in [4.78, 5) is 0. The Balaban J connectivity index is 2.08. The molecule has 0 saturated carbocycles. The molecule has 0 spiro atoms. The molecule has 0 aromatic carbocycles. The third-order valence-corrected chi connectivity index (χ3v) is 2.86. The lowest BCUT2D eigenvalue weighted by Gasteiger charge is -2.06. The van der Waals surface area contributed by atoms with Crippen molar-refractivity contribution in [2.45, 2.75) is 38.5 Å². The molecule has 0 nitrogen and oxygen atoms in total. The van der Waals surface area contributed by atoms with Gasteiger partial charge >= 0.3 is 0 Å². The van der Waals surface area contributed by atoms with Gasteiger partial charge in [0.15, 0.2) is 0 Å². The van der Waals surface area contributed by atoms with E-state index in [0.29, 0.717) is 0 Å². The molecule has 0 radical (unpaired) electrons. The minimum atomic E-state index is 1.26. The van der Waals surface area contributed by atoms with Gasteiger partial charge in [-0.3, -0.25) is 0 Å². The van der Waals surface area contributed by atoms with Gasteiger partial charge in [0.2, 0.25) is 0 Å². The van der Waals surface area contributed by atoms with Crippen LogP contribution in [0.1, 0.15) is 38.5 Å². The zero-order valence-corrected chi connectivity index (χ0v) is 7.60. The lowest BCUT2D eigenvalue weighted by molar-refractivity contribution is 0.894. The molecule has 2 aliphatic rings. The van der Waals surface area contributed by atoms with Crippen LogP contribution in [0.5, 0.6) is 0 Å². The van der Waals surface area contributed by atoms with Crippen LogP contribution in [0.15, 0.2) is 35.5 Å². The van der Waals surface area contributed by atoms with Gasteiger partial charge in [0.05, 0.1) is 0 Å². The quantitative estimate of drug-likeness (QED) is 0.577. The van der Waals surface area contributed by atoms with Crippen LogP contribution in [-0.2, 0) is 0 Å². The van der Waals surface area contributed by atoms with E-state index in [0.717, 1.165) is 0 Å². The zero-order valence-electron chi connectivity index (χ0n) is 7.60. The summed E-state index contributed by atoms with van der Waals surface area (Å²) in [5, 5.41) is 0. The van der Waals surface area contributed by atoms with E-state index in [9.17, 15) is 0 Å². The highest BCUT2D eigenvalue weighted by atomic mass is 14.2. The molecular weight excluding hydrogens is 144 g/mol. The minimum absolute atomic E-state index is 1.26. The number of hydrogen-bond acceptors (Lipinski definition) is 0. The summed E-state index contributed by atoms with van der Waals surface area (Å²) in [5.74, 6) is 0. The molecule has 64 valence electrons. The van der Waals surface area contributed by atoms with Crippen LogP contribution < -0.4 is 0 Å². The molecule has 0 amide bonds. The van der Waals surface area contributed by atoms with Crippen molar-refractivity contribution in [1.82, 2.24) is 0 Å². The average molecular weight is 160 g/mol. The van der Waals surface area contributed by atoms with E-state index in [4.69, 9.17) is 0 Å². The van der Waals surface area contributed by atoms with Crippen LogP contribution >= 0.6 is 0 Å². The Hall–Kier alpha value is -0.780. The average Bonchev–Trinajstić information content (AvgIpc) is 2.77. The molecule has 0 heteroatoms. The SMILES string of the molecule is C=C(C1=CCCC1)C1=CCCC1. The lowest BCUT2D eigenvalue weighted by Crippen LogP contribution is -1.87. The summed E-state index contributed by atoms with van der Waals surface area (Å²) in [6, 6.07) is 0. The molecule has 0 unspecified atom stereocenters. The number of hydrogen-bond donors (Lipinski definition) is 0. The molecule has 0 N–H and O–H groups in total. The molecule has 0 aromatic rings. The van der Waals surface area contributed by atoms with Gasteiger partial charge in [0.25, 0.3) is 0 Å². The monoisotopic (exact) mass is 160 g/mol. The van der Waals surface area contributed by atoms with Gasteiger partial charge < -0.3 is 0 Å². The molecule has 2 aliphatic carbocycles. The van der Waals surface area contributed by atoms with E-state index in [1.165, 1.54) is 55.2 Å². The molecule has 0 aliphatic heterocycles. The van der Waals surface area contributed by atoms with Gasteiger partial charge in [0, 0.05) is 0 Å². The van der Waals surface area contributed by atoms with Crippen LogP contribution in [-0.4, -0.2) is 0 Å². The predicted molar refractivity (Wildman–Crippen MR) is 53.0 cm³/mol. The van der Waals surface area contributed by atoms with Crippen LogP contribution in [0, 0.1) is 0 Å². The topological polar surface area (TPSA) is 0 Å². The summed E-state index contributed by atoms with van der Waals surface area (Å²) in [6.45, 7) is 4.18. The normalized spacial score (nSPS) is 22.3. The molecule has 0 bridgehead atoms. The van der Waals surface area contributed by atoms with E-state index in [1.54, 1.807) is 0 Å². The van der Waals surface area contributed by atoms with E-state index in [1.807, 2.05) is 0 Å². The van der Waals surface area contributed by atoms with Crippen LogP contribution in [0.2, 0.25) is 0 Å². The predicted octanol–water partition coefficient (Wildman–Crippen LogP) is 3.76. The highest BCUT2D eigenvalue weighted by molar-refractivity contribution is 5.46. The molecule has 0 atom stereocenters. The maximum absolute atomic E-state index is 4.18. The molecule has 0 saturated heterocycles. The summed E-state index contributed by atoms with van der Waals surface area (Å²) >= 11 is 0. The Kier molecular flexibility index (Phi) is 2.16. The largest absolute Gasteiger partial charge is 0.0912 e. The second kappa shape index (κ2) is 3.30. The first-order chi connectivity index (χ1) is 5.88. The molecular formula is C12H16. The van der Waals surface area contributed by atoms with Gasteiger partial charge in [-0.1, -0.05) is 18.7 Å². The molecule has 12 heavy (non-hydrogen) atoms. The Bertz CT molecular complexity index is 227. The van der Waals surface area contributed by atoms with E-state index in [2.05, 4.69) is 18.7 Å². The maximum atomic E-state index is 4.18. The summed E-state index contributed by atoms with van der Waals surface area (Å²) in [6.07, 6.45) is 12.4. The number of allylic oxidation sites excluding steroid dienone is 5. The minimum Gasteiger partial charge on any atom is -0.0912 e. The smallest absolute Gasteiger partial charge is 0.0271 e. The fourth-order valence-corrected chi connectivity index (χ4v) is 2.10. The fourth-order valence-electron chi connectivity index (χ4n) is 2.10. The second-order valence-corrected chi connectivity index (χ2v) is 3.72. The summed E-state index contributed by atoms with van der Waals surface area (Å²) in [5.41, 5.74) is 4.37. The van der Waals surface area contributed by atoms with Gasteiger partial charge in [-0.05, 0) is 55.2 Å². The lowest BCUT2D eigenvalue weighted by atomic mass is 9.99. The van der Waals surface area contributed by atoms with E-state index >= 15 is 0 Å². The van der Waals surface area contributed by atoms with Crippen molar-refractivity contribution in [3.05, 3.63) is 35.5 Å². The molecule has 0 heterocycles. The summed E-state index contributed by atoms with van der Waals surface area (Å²) in [7, 11) is 0. The van der Waals surface area contributed by atoms with Crippen molar-refractivity contribution in [3.63, 3.8) is 0 Å². The van der Waals surface area contributed by atoms with Gasteiger partial charge in [-0.25, -0.2) is 0 Å². The summed E-state index contributed by atoms with van der Waals surface area (Å²) < 4.78 is 0. The highest BCUT2D eigenvalue weighted by Gasteiger charge is 2.13. The van der Waals surface area contributed by atoms with Crippen molar-refractivity contribution in [2.75, 3.05) is 0 Å². The fraction of sp³-hybridized carbons (Fsp3) is 0.500. The van der Waals surface area contributed by atoms with Crippen LogP contribution in [0.4, 0.5) is 0 Å². The van der Waals surface area contributed by atoms with Gasteiger partial charge in [0.1, 0.15) is 0 Å². The third kappa shape index (κ3) is 1.38. The molecule has 0 fully saturated rings. The first kappa shape index (κ1) is 7.85.